The van der Waals surface area contributed by atoms with E-state index in [4.69, 9.17) is 4.74 Å². The molecule has 6 heteroatoms. The highest BCUT2D eigenvalue weighted by Gasteiger charge is 2.27. The number of sulfonamides is 1. The van der Waals surface area contributed by atoms with Crippen LogP contribution in [0.15, 0.2) is 24.4 Å². The first-order chi connectivity index (χ1) is 9.98. The first kappa shape index (κ1) is 16.4. The average Bonchev–Trinajstić information content (AvgIpc) is 2.46. The molecule has 1 atom stereocenters. The molecule has 1 aliphatic heterocycles. The number of nitrogens with zero attached hydrogens (tertiary/aromatic N) is 1. The molecule has 0 spiro atoms. The monoisotopic (exact) mass is 312 g/mol. The van der Waals surface area contributed by atoms with Gasteiger partial charge >= 0.3 is 0 Å². The summed E-state index contributed by atoms with van der Waals surface area (Å²) in [5.74, 6) is 0.504. The van der Waals surface area contributed by atoms with Crippen LogP contribution in [0, 0.1) is 11.8 Å². The van der Waals surface area contributed by atoms with Crippen LogP contribution in [0.25, 0.3) is 0 Å². The minimum absolute atomic E-state index is 0.143. The van der Waals surface area contributed by atoms with Gasteiger partial charge in [-0.2, -0.15) is 0 Å². The van der Waals surface area contributed by atoms with Crippen LogP contribution in [0.5, 0.6) is 0 Å². The van der Waals surface area contributed by atoms with Gasteiger partial charge in [-0.15, -0.1) is 0 Å². The van der Waals surface area contributed by atoms with Gasteiger partial charge in [-0.3, -0.25) is 4.98 Å². The molecule has 0 bridgehead atoms. The summed E-state index contributed by atoms with van der Waals surface area (Å²) in [6.07, 6.45) is 3.32. The van der Waals surface area contributed by atoms with E-state index in [2.05, 4.69) is 9.71 Å². The average molecular weight is 312 g/mol. The van der Waals surface area contributed by atoms with Gasteiger partial charge in [0.2, 0.25) is 10.0 Å². The predicted octanol–water partition coefficient (Wildman–Crippen LogP) is 2.12. The number of rotatable bonds is 6. The fourth-order valence-corrected chi connectivity index (χ4v) is 4.39. The number of hydrogen-bond acceptors (Lipinski definition) is 4. The van der Waals surface area contributed by atoms with E-state index in [0.717, 1.165) is 18.5 Å². The minimum Gasteiger partial charge on any atom is -0.381 e. The van der Waals surface area contributed by atoms with Gasteiger partial charge in [0.25, 0.3) is 0 Å². The zero-order valence-electron chi connectivity index (χ0n) is 12.7. The Balaban J connectivity index is 2.05. The molecule has 1 saturated heterocycles. The van der Waals surface area contributed by atoms with Gasteiger partial charge in [-0.25, -0.2) is 13.1 Å². The molecule has 21 heavy (non-hydrogen) atoms. The molecule has 1 aromatic rings. The number of pyridine rings is 1. The summed E-state index contributed by atoms with van der Waals surface area (Å²) < 4.78 is 32.9. The van der Waals surface area contributed by atoms with Crippen LogP contribution in [0.1, 0.15) is 38.4 Å². The lowest BCUT2D eigenvalue weighted by Gasteiger charge is -2.25. The number of hydrogen-bond donors (Lipinski definition) is 1. The quantitative estimate of drug-likeness (QED) is 0.873. The lowest BCUT2D eigenvalue weighted by atomic mass is 10.0. The zero-order valence-corrected chi connectivity index (χ0v) is 13.5. The molecule has 0 aliphatic carbocycles. The van der Waals surface area contributed by atoms with Gasteiger partial charge in [-0.05, 0) is 36.8 Å². The van der Waals surface area contributed by atoms with Crippen molar-refractivity contribution in [1.82, 2.24) is 9.71 Å². The Bertz CT molecular complexity index is 525. The molecule has 1 fully saturated rings. The number of ether oxygens (including phenoxy) is 1. The van der Waals surface area contributed by atoms with Crippen LogP contribution >= 0.6 is 0 Å². The van der Waals surface area contributed by atoms with Crippen LogP contribution in [0.3, 0.4) is 0 Å². The summed E-state index contributed by atoms with van der Waals surface area (Å²) in [6.45, 7) is 5.31. The van der Waals surface area contributed by atoms with Crippen LogP contribution in [-0.4, -0.2) is 32.4 Å². The van der Waals surface area contributed by atoms with Crippen molar-refractivity contribution in [1.29, 1.82) is 0 Å². The largest absolute Gasteiger partial charge is 0.381 e. The molecule has 0 amide bonds. The van der Waals surface area contributed by atoms with E-state index in [0.29, 0.717) is 13.2 Å². The Morgan fingerprint density at radius 3 is 2.62 bits per heavy atom. The molecule has 0 radical (unpaired) electrons. The topological polar surface area (TPSA) is 68.3 Å². The second kappa shape index (κ2) is 7.33. The molecule has 1 aromatic heterocycles. The first-order valence-corrected chi connectivity index (χ1v) is 9.12. The molecular formula is C15H24N2O3S. The van der Waals surface area contributed by atoms with Gasteiger partial charge < -0.3 is 4.74 Å². The summed E-state index contributed by atoms with van der Waals surface area (Å²) in [5, 5.41) is 0. The highest BCUT2D eigenvalue weighted by atomic mass is 32.2. The maximum atomic E-state index is 12.4. The summed E-state index contributed by atoms with van der Waals surface area (Å²) in [6, 6.07) is 5.29. The van der Waals surface area contributed by atoms with Crippen molar-refractivity contribution in [2.24, 2.45) is 11.8 Å². The second-order valence-corrected chi connectivity index (χ2v) is 7.73. The Morgan fingerprint density at radius 1 is 1.33 bits per heavy atom. The van der Waals surface area contributed by atoms with Gasteiger partial charge in [0, 0.05) is 19.4 Å². The maximum Gasteiger partial charge on any atom is 0.212 e. The van der Waals surface area contributed by atoms with E-state index < -0.39 is 10.0 Å². The molecule has 0 unspecified atom stereocenters. The Morgan fingerprint density at radius 2 is 2.05 bits per heavy atom. The predicted molar refractivity (Wildman–Crippen MR) is 82.3 cm³/mol. The maximum absolute atomic E-state index is 12.4. The van der Waals surface area contributed by atoms with Crippen LogP contribution in [0.4, 0.5) is 0 Å². The van der Waals surface area contributed by atoms with Crippen LogP contribution < -0.4 is 4.72 Å². The Labute approximate surface area is 127 Å². The van der Waals surface area contributed by atoms with Crippen molar-refractivity contribution in [3.63, 3.8) is 0 Å². The molecule has 1 aliphatic rings. The van der Waals surface area contributed by atoms with E-state index in [1.54, 1.807) is 6.20 Å². The van der Waals surface area contributed by atoms with Crippen LogP contribution in [0.2, 0.25) is 0 Å². The first-order valence-electron chi connectivity index (χ1n) is 7.46. The van der Waals surface area contributed by atoms with Gasteiger partial charge in [0.05, 0.1) is 17.5 Å². The molecule has 1 N–H and O–H groups in total. The second-order valence-electron chi connectivity index (χ2n) is 5.93. The van der Waals surface area contributed by atoms with Gasteiger partial charge in [0.1, 0.15) is 0 Å². The minimum atomic E-state index is -3.32. The third-order valence-electron chi connectivity index (χ3n) is 3.78. The lowest BCUT2D eigenvalue weighted by molar-refractivity contribution is 0.0722. The fraction of sp³-hybridized carbons (Fsp3) is 0.667. The molecular weight excluding hydrogens is 288 g/mol. The van der Waals surface area contributed by atoms with Gasteiger partial charge in [0.15, 0.2) is 0 Å². The summed E-state index contributed by atoms with van der Waals surface area (Å²) in [5.41, 5.74) is 0.767. The molecule has 0 aromatic carbocycles. The highest BCUT2D eigenvalue weighted by molar-refractivity contribution is 7.89. The van der Waals surface area contributed by atoms with Crippen molar-refractivity contribution in [3.05, 3.63) is 30.1 Å². The van der Waals surface area contributed by atoms with E-state index in [1.807, 2.05) is 32.0 Å². The molecule has 5 nitrogen and oxygen atoms in total. The standard InChI is InChI=1S/C15H24N2O3S/c1-12(2)15(14-5-3-4-8-16-14)17-21(18,19)11-13-6-9-20-10-7-13/h3-5,8,12-13,15,17H,6-7,9-11H2,1-2H3/t15-/m1/s1. The van der Waals surface area contributed by atoms with E-state index >= 15 is 0 Å². The number of nitrogens with one attached hydrogen (secondary N) is 1. The van der Waals surface area contributed by atoms with Gasteiger partial charge in [-0.1, -0.05) is 19.9 Å². The van der Waals surface area contributed by atoms with Crippen LogP contribution in [-0.2, 0) is 14.8 Å². The SMILES string of the molecule is CC(C)[C@@H](NS(=O)(=O)CC1CCOCC1)c1ccccn1. The fourth-order valence-electron chi connectivity index (χ4n) is 2.56. The van der Waals surface area contributed by atoms with Crippen molar-refractivity contribution < 1.29 is 13.2 Å². The van der Waals surface area contributed by atoms with Crippen molar-refractivity contribution in [2.45, 2.75) is 32.7 Å². The molecule has 2 rings (SSSR count). The normalized spacial score (nSPS) is 18.8. The van der Waals surface area contributed by atoms with Crippen molar-refractivity contribution in [3.8, 4) is 0 Å². The zero-order chi connectivity index (χ0) is 15.3. The van der Waals surface area contributed by atoms with E-state index in [-0.39, 0.29) is 23.6 Å². The molecule has 118 valence electrons. The number of aromatic nitrogens is 1. The summed E-state index contributed by atoms with van der Waals surface area (Å²) in [7, 11) is -3.32. The molecule has 0 saturated carbocycles. The third-order valence-corrected chi connectivity index (χ3v) is 5.30. The van der Waals surface area contributed by atoms with Crippen molar-refractivity contribution in [2.75, 3.05) is 19.0 Å². The molecule has 2 heterocycles. The summed E-state index contributed by atoms with van der Waals surface area (Å²) >= 11 is 0. The summed E-state index contributed by atoms with van der Waals surface area (Å²) in [4.78, 5) is 4.28. The lowest BCUT2D eigenvalue weighted by Crippen LogP contribution is -2.37. The Kier molecular flexibility index (Phi) is 5.72. The van der Waals surface area contributed by atoms with E-state index in [9.17, 15) is 8.42 Å². The highest BCUT2D eigenvalue weighted by Crippen LogP contribution is 2.22. The van der Waals surface area contributed by atoms with Crippen molar-refractivity contribution >= 4 is 10.0 Å². The smallest absolute Gasteiger partial charge is 0.212 e. The Hall–Kier alpha value is -0.980. The third kappa shape index (κ3) is 5.05. The van der Waals surface area contributed by atoms with E-state index in [1.165, 1.54) is 0 Å².